The van der Waals surface area contributed by atoms with Crippen molar-refractivity contribution >= 4 is 47.0 Å². The summed E-state index contributed by atoms with van der Waals surface area (Å²) in [7, 11) is 0. The third-order valence-corrected chi connectivity index (χ3v) is 5.59. The molecule has 17 heteroatoms. The molecule has 0 fully saturated rings. The number of nitrogen functional groups attached to an aromatic ring is 1. The fourth-order valence-electron chi connectivity index (χ4n) is 2.58. The predicted molar refractivity (Wildman–Crippen MR) is 125 cm³/mol. The molecule has 0 aliphatic rings. The number of amidine groups is 1. The molecule has 2 aromatic rings. The number of thiophene rings is 1. The number of alkyl halides is 3. The lowest BCUT2D eigenvalue weighted by molar-refractivity contribution is -0.192. The molecular weight excluding hydrogens is 558 g/mol. The quantitative estimate of drug-likeness (QED) is 0.0793. The summed E-state index contributed by atoms with van der Waals surface area (Å²) in [6.07, 6.45) is -5.68. The highest BCUT2D eigenvalue weighted by Gasteiger charge is 2.38. The lowest BCUT2D eigenvalue weighted by Gasteiger charge is -2.16. The minimum absolute atomic E-state index is 0.140. The molecule has 2 rings (SSSR count). The topological polar surface area (TPSA) is 217 Å². The number of carboxylic acid groups (broad SMARTS) is 3. The zero-order valence-corrected chi connectivity index (χ0v) is 20.6. The maximum atomic E-state index is 14.0. The number of rotatable bonds is 10. The number of amides is 1. The van der Waals surface area contributed by atoms with Gasteiger partial charge in [-0.3, -0.25) is 15.0 Å². The van der Waals surface area contributed by atoms with Crippen molar-refractivity contribution in [1.82, 2.24) is 5.32 Å². The van der Waals surface area contributed by atoms with Crippen LogP contribution in [0.5, 0.6) is 5.75 Å². The lowest BCUT2D eigenvalue weighted by atomic mass is 10.0. The van der Waals surface area contributed by atoms with E-state index in [1.54, 1.807) is 6.07 Å². The van der Waals surface area contributed by atoms with Crippen molar-refractivity contribution in [3.63, 3.8) is 0 Å². The molecule has 2 atom stereocenters. The lowest BCUT2D eigenvalue weighted by Crippen LogP contribution is -2.44. The van der Waals surface area contributed by atoms with Crippen molar-refractivity contribution in [3.8, 4) is 5.75 Å². The largest absolute Gasteiger partial charge is 0.490 e. The first-order valence-electron chi connectivity index (χ1n) is 10.4. The molecule has 0 saturated heterocycles. The van der Waals surface area contributed by atoms with Crippen LogP contribution in [0.4, 0.5) is 17.6 Å². The van der Waals surface area contributed by atoms with Crippen molar-refractivity contribution in [2.45, 2.75) is 32.0 Å². The van der Waals surface area contributed by atoms with Gasteiger partial charge in [0.1, 0.15) is 16.8 Å². The zero-order chi connectivity index (χ0) is 30.1. The fraction of sp³-hybridized carbons (Fsp3) is 0.273. The van der Waals surface area contributed by atoms with Gasteiger partial charge < -0.3 is 31.1 Å². The second-order valence-electron chi connectivity index (χ2n) is 7.62. The Balaban J connectivity index is 0.000000956. The van der Waals surface area contributed by atoms with E-state index in [9.17, 15) is 36.7 Å². The molecule has 212 valence electrons. The van der Waals surface area contributed by atoms with E-state index >= 15 is 0 Å². The second-order valence-corrected chi connectivity index (χ2v) is 8.79. The fourth-order valence-corrected chi connectivity index (χ4v) is 3.59. The molecule has 0 spiro atoms. The molecule has 0 bridgehead atoms. The van der Waals surface area contributed by atoms with Crippen LogP contribution in [0.2, 0.25) is 0 Å². The van der Waals surface area contributed by atoms with E-state index in [0.717, 1.165) is 17.4 Å². The third-order valence-electron chi connectivity index (χ3n) is 4.50. The van der Waals surface area contributed by atoms with Gasteiger partial charge in [-0.1, -0.05) is 6.92 Å². The number of nitrogens with one attached hydrogen (secondary N) is 2. The third kappa shape index (κ3) is 10.8. The number of hydrogen-bond donors (Lipinski definition) is 6. The Morgan fingerprint density at radius 2 is 1.69 bits per heavy atom. The molecule has 0 aliphatic heterocycles. The summed E-state index contributed by atoms with van der Waals surface area (Å²) in [5.74, 6) is -9.28. The van der Waals surface area contributed by atoms with Crippen LogP contribution in [-0.4, -0.2) is 63.2 Å². The van der Waals surface area contributed by atoms with Crippen LogP contribution in [-0.2, 0) is 25.6 Å². The number of carbonyl (C=O) groups excluding carboxylic acids is 2. The molecule has 12 nitrogen and oxygen atoms in total. The highest BCUT2D eigenvalue weighted by molar-refractivity contribution is 7.13. The number of nitrogens with two attached hydrogens (primary N) is 1. The highest BCUT2D eigenvalue weighted by Crippen LogP contribution is 2.24. The van der Waals surface area contributed by atoms with Gasteiger partial charge in [-0.25, -0.2) is 18.8 Å². The Morgan fingerprint density at radius 1 is 1.10 bits per heavy atom. The molecule has 0 radical (unpaired) electrons. The number of carbonyl (C=O) groups is 5. The van der Waals surface area contributed by atoms with Gasteiger partial charge in [0.25, 0.3) is 0 Å². The summed E-state index contributed by atoms with van der Waals surface area (Å²) in [6.45, 7) is 1.53. The smallest absolute Gasteiger partial charge is 0.481 e. The van der Waals surface area contributed by atoms with E-state index in [4.69, 9.17) is 36.0 Å². The van der Waals surface area contributed by atoms with Gasteiger partial charge in [0.05, 0.1) is 6.42 Å². The molecule has 1 heterocycles. The van der Waals surface area contributed by atoms with E-state index in [2.05, 4.69) is 5.32 Å². The van der Waals surface area contributed by atoms with Crippen LogP contribution in [0.25, 0.3) is 0 Å². The number of carboxylic acids is 3. The number of esters is 1. The average Bonchev–Trinajstić information content (AvgIpc) is 3.27. The van der Waals surface area contributed by atoms with E-state index in [-0.39, 0.29) is 28.4 Å². The standard InChI is InChI=1S/C20H20FN3O7S.C2HF3O2/c1-9(18(27)24-13(19(28)29)8-16(25)26)6-11-3-5-15(32-11)20(30)31-14-4-2-10(17(22)23)7-12(14)21;3-2(4,5)1(6)7/h2-5,7,9,13H,6,8H2,1H3,(H3,22,23)(H,24,27)(H,25,26)(H,28,29);(H,6,7)/t9?,13-;/m0./s1. The first-order valence-corrected chi connectivity index (χ1v) is 11.2. The van der Waals surface area contributed by atoms with Gasteiger partial charge in [0.15, 0.2) is 11.6 Å². The minimum atomic E-state index is -5.08. The molecular formula is C22H21F4N3O9S. The van der Waals surface area contributed by atoms with E-state index in [1.165, 1.54) is 25.1 Å². The molecule has 1 unspecified atom stereocenters. The summed E-state index contributed by atoms with van der Waals surface area (Å²) in [6, 6.07) is 4.95. The maximum absolute atomic E-state index is 14.0. The monoisotopic (exact) mass is 579 g/mol. The van der Waals surface area contributed by atoms with Crippen LogP contribution in [0.3, 0.4) is 0 Å². The summed E-state index contributed by atoms with van der Waals surface area (Å²) >= 11 is 1.01. The molecule has 0 aliphatic carbocycles. The number of benzene rings is 1. The van der Waals surface area contributed by atoms with Gasteiger partial charge in [-0.05, 0) is 36.8 Å². The Labute approximate surface area is 220 Å². The first kappa shape index (κ1) is 32.5. The SMILES string of the molecule is CC(Cc1ccc(C(=O)Oc2ccc(C(=N)N)cc2F)s1)C(=O)N[C@@H](CC(=O)O)C(=O)O.O=C(O)C(F)(F)F. The van der Waals surface area contributed by atoms with E-state index in [0.29, 0.717) is 4.88 Å². The molecule has 1 amide bonds. The van der Waals surface area contributed by atoms with Crippen LogP contribution in [0.1, 0.15) is 33.5 Å². The van der Waals surface area contributed by atoms with Gasteiger partial charge >= 0.3 is 30.1 Å². The van der Waals surface area contributed by atoms with Crippen LogP contribution in [0.15, 0.2) is 30.3 Å². The predicted octanol–water partition coefficient (Wildman–Crippen LogP) is 2.25. The highest BCUT2D eigenvalue weighted by atomic mass is 32.1. The first-order chi connectivity index (χ1) is 17.9. The van der Waals surface area contributed by atoms with Crippen LogP contribution in [0, 0.1) is 17.1 Å². The number of halogens is 4. The van der Waals surface area contributed by atoms with E-state index in [1.807, 2.05) is 0 Å². The molecule has 1 aromatic carbocycles. The van der Waals surface area contributed by atoms with Crippen molar-refractivity contribution < 1.29 is 61.6 Å². The van der Waals surface area contributed by atoms with Crippen LogP contribution >= 0.6 is 11.3 Å². The van der Waals surface area contributed by atoms with Crippen molar-refractivity contribution in [2.24, 2.45) is 11.7 Å². The number of aliphatic carboxylic acids is 3. The Morgan fingerprint density at radius 3 is 2.15 bits per heavy atom. The van der Waals surface area contributed by atoms with Gasteiger partial charge in [0, 0.05) is 16.4 Å². The van der Waals surface area contributed by atoms with Gasteiger partial charge in [-0.15, -0.1) is 11.3 Å². The second kappa shape index (κ2) is 13.8. The molecule has 0 saturated carbocycles. The Hall–Kier alpha value is -4.54. The molecule has 1 aromatic heterocycles. The van der Waals surface area contributed by atoms with Crippen molar-refractivity contribution in [2.75, 3.05) is 0 Å². The van der Waals surface area contributed by atoms with Crippen molar-refractivity contribution in [3.05, 3.63) is 51.5 Å². The number of hydrogen-bond acceptors (Lipinski definition) is 8. The van der Waals surface area contributed by atoms with Gasteiger partial charge in [0.2, 0.25) is 5.91 Å². The molecule has 39 heavy (non-hydrogen) atoms. The van der Waals surface area contributed by atoms with E-state index < -0.39 is 60.2 Å². The Bertz CT molecular complexity index is 1260. The molecule has 7 N–H and O–H groups in total. The summed E-state index contributed by atoms with van der Waals surface area (Å²) in [4.78, 5) is 56.0. The Kier molecular flexibility index (Phi) is 11.5. The minimum Gasteiger partial charge on any atom is -0.481 e. The van der Waals surface area contributed by atoms with Gasteiger partial charge in [-0.2, -0.15) is 13.2 Å². The maximum Gasteiger partial charge on any atom is 0.490 e. The van der Waals surface area contributed by atoms with Crippen molar-refractivity contribution in [1.29, 1.82) is 5.41 Å². The normalized spacial score (nSPS) is 12.2. The summed E-state index contributed by atoms with van der Waals surface area (Å²) < 4.78 is 50.8. The average molecular weight is 579 g/mol. The summed E-state index contributed by atoms with van der Waals surface area (Å²) in [5, 5.41) is 34.3. The zero-order valence-electron chi connectivity index (χ0n) is 19.7. The van der Waals surface area contributed by atoms with Crippen LogP contribution < -0.4 is 15.8 Å². The summed E-state index contributed by atoms with van der Waals surface area (Å²) in [5.41, 5.74) is 5.42. The number of ether oxygens (including phenoxy) is 1.